The van der Waals surface area contributed by atoms with E-state index in [1.54, 1.807) is 19.4 Å². The third-order valence-corrected chi connectivity index (χ3v) is 5.37. The lowest BCUT2D eigenvalue weighted by Gasteiger charge is -2.19. The van der Waals surface area contributed by atoms with Gasteiger partial charge in [-0.25, -0.2) is 9.69 Å². The number of benzene rings is 1. The number of thioether (sulfide) groups is 1. The number of furan rings is 1. The number of hydrogen-bond donors (Lipinski definition) is 0. The second-order valence-electron chi connectivity index (χ2n) is 5.90. The van der Waals surface area contributed by atoms with E-state index in [1.165, 1.54) is 21.5 Å². The molecule has 10 heteroatoms. The van der Waals surface area contributed by atoms with Gasteiger partial charge in [-0.3, -0.25) is 4.79 Å². The normalized spacial score (nSPS) is 16.6. The van der Waals surface area contributed by atoms with Crippen molar-refractivity contribution in [2.45, 2.75) is 17.6 Å². The molecule has 1 aliphatic rings. The fraction of sp³-hybridized carbons (Fsp3) is 0.235. The maximum Gasteiger partial charge on any atom is 0.253 e. The summed E-state index contributed by atoms with van der Waals surface area (Å²) in [7, 11) is 1.73. The maximum absolute atomic E-state index is 12.8. The molecule has 0 fully saturated rings. The number of hydrogen-bond acceptors (Lipinski definition) is 7. The van der Waals surface area contributed by atoms with E-state index in [2.05, 4.69) is 20.6 Å². The van der Waals surface area contributed by atoms with Gasteiger partial charge in [-0.1, -0.05) is 35.5 Å². The van der Waals surface area contributed by atoms with Gasteiger partial charge in [0.2, 0.25) is 5.16 Å². The summed E-state index contributed by atoms with van der Waals surface area (Å²) in [4.78, 5) is 12.8. The van der Waals surface area contributed by atoms with E-state index in [0.717, 1.165) is 11.3 Å². The first-order chi connectivity index (χ1) is 13.1. The number of carbonyl (C=O) groups excluding carboxylic acids is 1. The summed E-state index contributed by atoms with van der Waals surface area (Å²) in [6.45, 7) is 0. The Labute approximate surface area is 164 Å². The van der Waals surface area contributed by atoms with Gasteiger partial charge in [-0.15, -0.1) is 5.10 Å². The molecule has 0 aliphatic carbocycles. The van der Waals surface area contributed by atoms with Crippen LogP contribution in [0.2, 0.25) is 5.02 Å². The first-order valence-electron chi connectivity index (χ1n) is 8.16. The predicted octanol–water partition coefficient (Wildman–Crippen LogP) is 2.93. The molecule has 0 bridgehead atoms. The molecule has 1 atom stereocenters. The molecule has 27 heavy (non-hydrogen) atoms. The molecule has 0 saturated carbocycles. The Hall–Kier alpha value is -2.65. The van der Waals surface area contributed by atoms with Crippen molar-refractivity contribution in [2.24, 2.45) is 12.1 Å². The lowest BCUT2D eigenvalue weighted by molar-refractivity contribution is -0.130. The Kier molecular flexibility index (Phi) is 4.95. The van der Waals surface area contributed by atoms with Crippen molar-refractivity contribution in [3.05, 3.63) is 59.0 Å². The molecule has 8 nitrogen and oxygen atoms in total. The second kappa shape index (κ2) is 7.53. The molecule has 4 rings (SSSR count). The van der Waals surface area contributed by atoms with Crippen LogP contribution in [0.15, 0.2) is 57.3 Å². The Morgan fingerprint density at radius 3 is 2.81 bits per heavy atom. The molecule has 1 aliphatic heterocycles. The molecule has 3 heterocycles. The molecule has 0 N–H and O–H groups in total. The first kappa shape index (κ1) is 17.7. The number of rotatable bonds is 5. The van der Waals surface area contributed by atoms with E-state index in [9.17, 15) is 4.79 Å². The average Bonchev–Trinajstić information content (AvgIpc) is 3.41. The van der Waals surface area contributed by atoms with Crippen LogP contribution in [0.5, 0.6) is 0 Å². The quantitative estimate of drug-likeness (QED) is 0.609. The summed E-state index contributed by atoms with van der Waals surface area (Å²) in [5.74, 6) is 0.720. The van der Waals surface area contributed by atoms with Crippen molar-refractivity contribution < 1.29 is 9.21 Å². The number of hydrazone groups is 1. The average molecular weight is 403 g/mol. The van der Waals surface area contributed by atoms with Crippen molar-refractivity contribution in [3.63, 3.8) is 0 Å². The van der Waals surface area contributed by atoms with Crippen LogP contribution in [0.4, 0.5) is 0 Å². The molecule has 3 aromatic rings. The van der Waals surface area contributed by atoms with Crippen LogP contribution < -0.4 is 0 Å². The van der Waals surface area contributed by atoms with E-state index >= 15 is 0 Å². The van der Waals surface area contributed by atoms with E-state index in [4.69, 9.17) is 16.0 Å². The minimum atomic E-state index is -0.281. The maximum atomic E-state index is 12.8. The van der Waals surface area contributed by atoms with E-state index in [0.29, 0.717) is 22.4 Å². The van der Waals surface area contributed by atoms with Crippen LogP contribution in [0.3, 0.4) is 0 Å². The van der Waals surface area contributed by atoms with Gasteiger partial charge in [0.15, 0.2) is 0 Å². The van der Waals surface area contributed by atoms with Crippen molar-refractivity contribution in [2.75, 3.05) is 5.75 Å². The minimum absolute atomic E-state index is 0.145. The number of nitrogens with zero attached hydrogens (tertiary/aromatic N) is 6. The van der Waals surface area contributed by atoms with Crippen LogP contribution in [0, 0.1) is 0 Å². The van der Waals surface area contributed by atoms with Gasteiger partial charge in [0.1, 0.15) is 11.8 Å². The number of tetrazole rings is 1. The zero-order valence-electron chi connectivity index (χ0n) is 14.3. The summed E-state index contributed by atoms with van der Waals surface area (Å²) in [5, 5.41) is 18.5. The standard InChI is InChI=1S/C17H15ClN6O2S/c1-23-17(19-21-22-23)27-10-16(25)24-14(15-3-2-8-26-15)9-13(20-24)11-4-6-12(18)7-5-11/h2-8,14H,9-10H2,1H3. The molecule has 1 amide bonds. The highest BCUT2D eigenvalue weighted by Gasteiger charge is 2.34. The van der Waals surface area contributed by atoms with E-state index in [1.807, 2.05) is 30.3 Å². The van der Waals surface area contributed by atoms with Gasteiger partial charge in [-0.05, 0) is 40.3 Å². The second-order valence-corrected chi connectivity index (χ2v) is 7.28. The van der Waals surface area contributed by atoms with Crippen molar-refractivity contribution in [3.8, 4) is 0 Å². The number of carbonyl (C=O) groups is 1. The van der Waals surface area contributed by atoms with Crippen LogP contribution >= 0.6 is 23.4 Å². The Morgan fingerprint density at radius 2 is 2.15 bits per heavy atom. The number of amides is 1. The largest absolute Gasteiger partial charge is 0.467 e. The summed E-state index contributed by atoms with van der Waals surface area (Å²) in [6.07, 6.45) is 2.16. The molecule has 2 aromatic heterocycles. The Bertz CT molecular complexity index is 970. The summed E-state index contributed by atoms with van der Waals surface area (Å²) in [6, 6.07) is 10.8. The summed E-state index contributed by atoms with van der Waals surface area (Å²) in [5.41, 5.74) is 1.74. The monoisotopic (exact) mass is 402 g/mol. The minimum Gasteiger partial charge on any atom is -0.467 e. The van der Waals surface area contributed by atoms with Crippen molar-refractivity contribution in [1.29, 1.82) is 0 Å². The Morgan fingerprint density at radius 1 is 1.33 bits per heavy atom. The van der Waals surface area contributed by atoms with Crippen LogP contribution in [0.1, 0.15) is 23.8 Å². The van der Waals surface area contributed by atoms with E-state index in [-0.39, 0.29) is 17.7 Å². The van der Waals surface area contributed by atoms with Crippen LogP contribution in [0.25, 0.3) is 0 Å². The summed E-state index contributed by atoms with van der Waals surface area (Å²) >= 11 is 7.24. The molecular formula is C17H15ClN6O2S. The van der Waals surface area contributed by atoms with Crippen LogP contribution in [-0.4, -0.2) is 42.6 Å². The molecule has 1 unspecified atom stereocenters. The number of halogens is 1. The highest BCUT2D eigenvalue weighted by molar-refractivity contribution is 7.99. The zero-order valence-corrected chi connectivity index (χ0v) is 15.9. The van der Waals surface area contributed by atoms with Gasteiger partial charge < -0.3 is 4.42 Å². The molecule has 0 radical (unpaired) electrons. The van der Waals surface area contributed by atoms with Gasteiger partial charge >= 0.3 is 0 Å². The highest BCUT2D eigenvalue weighted by atomic mass is 35.5. The first-order valence-corrected chi connectivity index (χ1v) is 9.52. The smallest absolute Gasteiger partial charge is 0.253 e. The topological polar surface area (TPSA) is 89.4 Å². The summed E-state index contributed by atoms with van der Waals surface area (Å²) < 4.78 is 7.06. The molecular weight excluding hydrogens is 388 g/mol. The van der Waals surface area contributed by atoms with E-state index < -0.39 is 0 Å². The molecule has 138 valence electrons. The van der Waals surface area contributed by atoms with Crippen molar-refractivity contribution in [1.82, 2.24) is 25.2 Å². The van der Waals surface area contributed by atoms with Gasteiger partial charge in [0, 0.05) is 18.5 Å². The molecule has 0 saturated heterocycles. The van der Waals surface area contributed by atoms with Gasteiger partial charge in [0.05, 0.1) is 17.7 Å². The van der Waals surface area contributed by atoms with Gasteiger partial charge in [0.25, 0.3) is 5.91 Å². The molecule has 0 spiro atoms. The molecule has 1 aromatic carbocycles. The Balaban J connectivity index is 1.56. The third-order valence-electron chi connectivity index (χ3n) is 4.12. The fourth-order valence-electron chi connectivity index (χ4n) is 2.80. The van der Waals surface area contributed by atoms with Crippen LogP contribution in [-0.2, 0) is 11.8 Å². The highest BCUT2D eigenvalue weighted by Crippen LogP contribution is 2.34. The van der Waals surface area contributed by atoms with Gasteiger partial charge in [-0.2, -0.15) is 5.10 Å². The number of aromatic nitrogens is 4. The lowest BCUT2D eigenvalue weighted by Crippen LogP contribution is -2.28. The predicted molar refractivity (Wildman–Crippen MR) is 100 cm³/mol. The fourth-order valence-corrected chi connectivity index (χ4v) is 3.62. The third kappa shape index (κ3) is 3.74. The zero-order chi connectivity index (χ0) is 18.8. The van der Waals surface area contributed by atoms with Crippen molar-refractivity contribution >= 4 is 35.0 Å². The number of aryl methyl sites for hydroxylation is 1. The lowest BCUT2D eigenvalue weighted by atomic mass is 10.0. The SMILES string of the molecule is Cn1nnnc1SCC(=O)N1N=C(c2ccc(Cl)cc2)CC1c1ccco1.